The molecule has 1 aromatic heterocycles. The number of nitrogens with zero attached hydrogens (tertiary/aromatic N) is 4. The highest BCUT2D eigenvalue weighted by molar-refractivity contribution is 9.10. The van der Waals surface area contributed by atoms with Crippen LogP contribution in [0.3, 0.4) is 0 Å². The predicted molar refractivity (Wildman–Crippen MR) is 91.1 cm³/mol. The summed E-state index contributed by atoms with van der Waals surface area (Å²) in [4.78, 5) is 13.2. The van der Waals surface area contributed by atoms with E-state index in [2.05, 4.69) is 43.7 Å². The van der Waals surface area contributed by atoms with Crippen molar-refractivity contribution in [3.63, 3.8) is 0 Å². The second-order valence-electron chi connectivity index (χ2n) is 5.64. The molecule has 8 heteroatoms. The SMILES string of the molecule is CCCn1nnnc1C[NH+](C)CC(=O)Nc1ccc(Br)cc1C. The van der Waals surface area contributed by atoms with Gasteiger partial charge in [0.1, 0.15) is 6.54 Å². The van der Waals surface area contributed by atoms with Crippen LogP contribution < -0.4 is 10.2 Å². The van der Waals surface area contributed by atoms with Crippen molar-refractivity contribution in [3.05, 3.63) is 34.1 Å². The molecule has 2 N–H and O–H groups in total. The fourth-order valence-corrected chi connectivity index (χ4v) is 2.78. The van der Waals surface area contributed by atoms with E-state index in [0.717, 1.165) is 39.4 Å². The molecule has 0 fully saturated rings. The lowest BCUT2D eigenvalue weighted by Gasteiger charge is -2.14. The summed E-state index contributed by atoms with van der Waals surface area (Å²) in [7, 11) is 1.96. The Hall–Kier alpha value is -1.80. The number of rotatable bonds is 7. The van der Waals surface area contributed by atoms with Gasteiger partial charge in [0, 0.05) is 16.7 Å². The van der Waals surface area contributed by atoms with Gasteiger partial charge in [-0.2, -0.15) is 0 Å². The van der Waals surface area contributed by atoms with Crippen LogP contribution >= 0.6 is 15.9 Å². The van der Waals surface area contributed by atoms with Crippen LogP contribution in [0.15, 0.2) is 22.7 Å². The van der Waals surface area contributed by atoms with Gasteiger partial charge in [0.2, 0.25) is 5.82 Å². The average Bonchev–Trinajstić information content (AvgIpc) is 2.89. The zero-order valence-electron chi connectivity index (χ0n) is 13.6. The van der Waals surface area contributed by atoms with Crippen LogP contribution in [0.1, 0.15) is 24.7 Å². The van der Waals surface area contributed by atoms with Gasteiger partial charge < -0.3 is 10.2 Å². The number of halogens is 1. The van der Waals surface area contributed by atoms with Crippen molar-refractivity contribution in [1.29, 1.82) is 0 Å². The maximum absolute atomic E-state index is 12.2. The first-order valence-electron chi connectivity index (χ1n) is 7.62. The van der Waals surface area contributed by atoms with Crippen LogP contribution in [0.4, 0.5) is 5.69 Å². The Labute approximate surface area is 144 Å². The second kappa shape index (κ2) is 8.16. The predicted octanol–water partition coefficient (Wildman–Crippen LogP) is 0.807. The smallest absolute Gasteiger partial charge is 0.279 e. The van der Waals surface area contributed by atoms with Gasteiger partial charge in [-0.15, -0.1) is 5.10 Å². The maximum atomic E-state index is 12.2. The Kier molecular flexibility index (Phi) is 6.23. The number of anilines is 1. The lowest BCUT2D eigenvalue weighted by molar-refractivity contribution is -0.886. The summed E-state index contributed by atoms with van der Waals surface area (Å²) in [6, 6.07) is 5.79. The van der Waals surface area contributed by atoms with Crippen LogP contribution in [-0.4, -0.2) is 39.7 Å². The molecule has 1 aromatic carbocycles. The minimum absolute atomic E-state index is 0.0255. The van der Waals surface area contributed by atoms with E-state index in [-0.39, 0.29) is 5.91 Å². The summed E-state index contributed by atoms with van der Waals surface area (Å²) in [5.74, 6) is 0.777. The first-order chi connectivity index (χ1) is 11.0. The molecule has 124 valence electrons. The molecule has 0 saturated carbocycles. The molecular weight excluding hydrogens is 360 g/mol. The van der Waals surface area contributed by atoms with Gasteiger partial charge in [0.05, 0.1) is 7.05 Å². The standard InChI is InChI=1S/C15H21BrN6O/c1-4-7-22-14(18-19-20-22)9-21(3)10-15(23)17-13-6-5-12(16)8-11(13)2/h5-6,8H,4,7,9-10H2,1-3H3,(H,17,23)/p+1. The van der Waals surface area contributed by atoms with Gasteiger partial charge >= 0.3 is 0 Å². The van der Waals surface area contributed by atoms with E-state index in [1.165, 1.54) is 0 Å². The van der Waals surface area contributed by atoms with Gasteiger partial charge in [-0.3, -0.25) is 4.79 Å². The van der Waals surface area contributed by atoms with Gasteiger partial charge in [-0.25, -0.2) is 4.68 Å². The highest BCUT2D eigenvalue weighted by Crippen LogP contribution is 2.19. The molecule has 0 aliphatic carbocycles. The number of likely N-dealkylation sites (N-methyl/N-ethyl adjacent to an activating group) is 1. The third-order valence-electron chi connectivity index (χ3n) is 3.43. The van der Waals surface area contributed by atoms with Gasteiger partial charge in [0.15, 0.2) is 6.54 Å². The summed E-state index contributed by atoms with van der Waals surface area (Å²) in [5, 5.41) is 14.7. The van der Waals surface area contributed by atoms with Crippen LogP contribution in [0, 0.1) is 6.92 Å². The monoisotopic (exact) mass is 381 g/mol. The molecule has 0 bridgehead atoms. The third kappa shape index (κ3) is 5.11. The van der Waals surface area contributed by atoms with Gasteiger partial charge in [-0.05, 0) is 47.5 Å². The summed E-state index contributed by atoms with van der Waals surface area (Å²) in [6.07, 6.45) is 0.973. The number of tetrazole rings is 1. The van der Waals surface area contributed by atoms with E-state index in [1.807, 2.05) is 32.2 Å². The molecule has 0 aliphatic heterocycles. The van der Waals surface area contributed by atoms with Gasteiger partial charge in [0.25, 0.3) is 5.91 Å². The first-order valence-corrected chi connectivity index (χ1v) is 8.41. The van der Waals surface area contributed by atoms with Crippen molar-refractivity contribution in [1.82, 2.24) is 20.2 Å². The number of aryl methyl sites for hydroxylation is 2. The highest BCUT2D eigenvalue weighted by atomic mass is 79.9. The molecule has 1 atom stereocenters. The van der Waals surface area contributed by atoms with Crippen molar-refractivity contribution in [2.75, 3.05) is 18.9 Å². The molecule has 0 spiro atoms. The number of amides is 1. The summed E-state index contributed by atoms with van der Waals surface area (Å²) in [5.41, 5.74) is 1.86. The van der Waals surface area contributed by atoms with Crippen molar-refractivity contribution in [2.24, 2.45) is 0 Å². The van der Waals surface area contributed by atoms with Gasteiger partial charge in [-0.1, -0.05) is 22.9 Å². The molecule has 23 heavy (non-hydrogen) atoms. The van der Waals surface area contributed by atoms with E-state index in [4.69, 9.17) is 0 Å². The topological polar surface area (TPSA) is 77.1 Å². The molecule has 0 radical (unpaired) electrons. The zero-order chi connectivity index (χ0) is 16.8. The normalized spacial score (nSPS) is 12.2. The number of nitrogens with one attached hydrogen (secondary N) is 2. The van der Waals surface area contributed by atoms with Crippen LogP contribution in [-0.2, 0) is 17.9 Å². The molecular formula is C15H22BrN6O+. The van der Waals surface area contributed by atoms with E-state index in [1.54, 1.807) is 4.68 Å². The Morgan fingerprint density at radius 1 is 1.43 bits per heavy atom. The summed E-state index contributed by atoms with van der Waals surface area (Å²) < 4.78 is 2.79. The van der Waals surface area contributed by atoms with Crippen molar-refractivity contribution < 1.29 is 9.69 Å². The number of aromatic nitrogens is 4. The van der Waals surface area contributed by atoms with Crippen molar-refractivity contribution in [2.45, 2.75) is 33.4 Å². The number of benzene rings is 1. The minimum atomic E-state index is -0.0255. The maximum Gasteiger partial charge on any atom is 0.279 e. The molecule has 0 aliphatic rings. The Balaban J connectivity index is 1.90. The highest BCUT2D eigenvalue weighted by Gasteiger charge is 2.15. The van der Waals surface area contributed by atoms with Crippen LogP contribution in [0.25, 0.3) is 0 Å². The Bertz CT molecular complexity index is 672. The molecule has 1 heterocycles. The quantitative estimate of drug-likeness (QED) is 0.743. The van der Waals surface area contributed by atoms with E-state index >= 15 is 0 Å². The molecule has 2 rings (SSSR count). The average molecular weight is 382 g/mol. The lowest BCUT2D eigenvalue weighted by atomic mass is 10.2. The summed E-state index contributed by atoms with van der Waals surface area (Å²) in [6.45, 7) is 5.81. The molecule has 2 aromatic rings. The molecule has 1 unspecified atom stereocenters. The molecule has 0 saturated heterocycles. The van der Waals surface area contributed by atoms with Crippen molar-refractivity contribution in [3.8, 4) is 0 Å². The van der Waals surface area contributed by atoms with E-state index < -0.39 is 0 Å². The third-order valence-corrected chi connectivity index (χ3v) is 3.92. The summed E-state index contributed by atoms with van der Waals surface area (Å²) >= 11 is 3.42. The van der Waals surface area contributed by atoms with E-state index in [0.29, 0.717) is 13.1 Å². The minimum Gasteiger partial charge on any atom is -0.323 e. The number of carbonyl (C=O) groups excluding carboxylic acids is 1. The van der Waals surface area contributed by atoms with Crippen LogP contribution in [0.2, 0.25) is 0 Å². The lowest BCUT2D eigenvalue weighted by Crippen LogP contribution is -3.08. The second-order valence-corrected chi connectivity index (χ2v) is 6.55. The largest absolute Gasteiger partial charge is 0.323 e. The van der Waals surface area contributed by atoms with Crippen molar-refractivity contribution >= 4 is 27.5 Å². The molecule has 1 amide bonds. The first kappa shape index (κ1) is 17.6. The van der Waals surface area contributed by atoms with E-state index in [9.17, 15) is 4.79 Å². The number of carbonyl (C=O) groups is 1. The molecule has 7 nitrogen and oxygen atoms in total. The van der Waals surface area contributed by atoms with Crippen LogP contribution in [0.5, 0.6) is 0 Å². The number of quaternary nitrogens is 1. The fourth-order valence-electron chi connectivity index (χ4n) is 2.30. The number of hydrogen-bond acceptors (Lipinski definition) is 4. The number of hydrogen-bond donors (Lipinski definition) is 2. The Morgan fingerprint density at radius 2 is 2.22 bits per heavy atom. The fraction of sp³-hybridized carbons (Fsp3) is 0.467. The Morgan fingerprint density at radius 3 is 2.91 bits per heavy atom. The zero-order valence-corrected chi connectivity index (χ0v) is 15.2.